The molecule has 1 amide bonds. The average Bonchev–Trinajstić information content (AvgIpc) is 3.53. The largest absolute Gasteiger partial charge is 0.483 e. The molecule has 3 N–H and O–H groups in total. The van der Waals surface area contributed by atoms with E-state index in [0.29, 0.717) is 23.6 Å². The van der Waals surface area contributed by atoms with Gasteiger partial charge < -0.3 is 24.6 Å². The summed E-state index contributed by atoms with van der Waals surface area (Å²) < 4.78 is 5.95. The molecule has 4 aliphatic rings. The normalized spacial score (nSPS) is 28.6. The third-order valence-corrected chi connectivity index (χ3v) is 7.55. The molecule has 4 atom stereocenters. The van der Waals surface area contributed by atoms with Crippen LogP contribution in [0.15, 0.2) is 16.5 Å². The molecule has 34 heavy (non-hydrogen) atoms. The van der Waals surface area contributed by atoms with E-state index in [2.05, 4.69) is 9.80 Å². The Morgan fingerprint density at radius 2 is 1.65 bits per heavy atom. The summed E-state index contributed by atoms with van der Waals surface area (Å²) in [5.41, 5.74) is 0. The van der Waals surface area contributed by atoms with Crippen molar-refractivity contribution >= 4 is 18.9 Å². The maximum atomic E-state index is 13.2. The number of nitrogens with zero attached hydrogens (tertiary/aromatic N) is 3. The highest BCUT2D eigenvalue weighted by Gasteiger charge is 2.47. The maximum absolute atomic E-state index is 13.2. The highest BCUT2D eigenvalue weighted by Crippen LogP contribution is 2.41. The third-order valence-electron chi connectivity index (χ3n) is 7.55. The van der Waals surface area contributed by atoms with E-state index in [1.807, 2.05) is 17.0 Å². The number of carboxylic acid groups (broad SMARTS) is 2. The Labute approximate surface area is 200 Å². The van der Waals surface area contributed by atoms with Gasteiger partial charge in [-0.3, -0.25) is 24.2 Å². The number of amides is 1. The van der Waals surface area contributed by atoms with E-state index in [-0.39, 0.29) is 31.5 Å². The first-order chi connectivity index (χ1) is 16.6. The first-order valence-electron chi connectivity index (χ1n) is 12.2. The van der Waals surface area contributed by atoms with Crippen molar-refractivity contribution in [3.8, 4) is 0 Å². The summed E-state index contributed by atoms with van der Waals surface area (Å²) in [4.78, 5) is 36.9. The minimum atomic E-state index is -0.250. The summed E-state index contributed by atoms with van der Waals surface area (Å²) in [5.74, 6) is 2.32. The minimum absolute atomic E-state index is 0.0309. The number of hydrogen-bond acceptors (Lipinski definition) is 7. The van der Waals surface area contributed by atoms with Crippen molar-refractivity contribution < 1.29 is 34.1 Å². The molecule has 0 unspecified atom stereocenters. The Kier molecular flexibility index (Phi) is 9.91. The van der Waals surface area contributed by atoms with Gasteiger partial charge in [-0.1, -0.05) is 6.42 Å². The Hall–Kier alpha value is -2.43. The van der Waals surface area contributed by atoms with Crippen LogP contribution in [0, 0.1) is 11.8 Å². The molecule has 0 spiro atoms. The highest BCUT2D eigenvalue weighted by molar-refractivity contribution is 5.91. The first-order valence-corrected chi connectivity index (χ1v) is 12.2. The van der Waals surface area contributed by atoms with Gasteiger partial charge in [-0.05, 0) is 75.7 Å². The van der Waals surface area contributed by atoms with Crippen LogP contribution in [0.3, 0.4) is 0 Å². The molecule has 5 heterocycles. The van der Waals surface area contributed by atoms with Crippen LogP contribution in [0.4, 0.5) is 0 Å². The molecule has 2 bridgehead atoms. The average molecular weight is 480 g/mol. The lowest BCUT2D eigenvalue weighted by atomic mass is 9.72. The summed E-state index contributed by atoms with van der Waals surface area (Å²) >= 11 is 0. The number of piperidine rings is 3. The van der Waals surface area contributed by atoms with E-state index < -0.39 is 0 Å². The van der Waals surface area contributed by atoms with Crippen molar-refractivity contribution in [2.75, 3.05) is 39.3 Å². The first kappa shape index (κ1) is 26.2. The zero-order chi connectivity index (χ0) is 24.5. The van der Waals surface area contributed by atoms with Gasteiger partial charge in [0.15, 0.2) is 5.76 Å². The molecule has 190 valence electrons. The number of carbonyl (C=O) groups is 3. The lowest BCUT2D eigenvalue weighted by Crippen LogP contribution is -2.65. The van der Waals surface area contributed by atoms with Gasteiger partial charge in [0.25, 0.3) is 18.9 Å². The fourth-order valence-electron chi connectivity index (χ4n) is 6.22. The standard InChI is InChI=1S/C22H33N3O3.2CH2O2/c26-15-20-17-11-16(19-5-1-2-10-25(19)20)12-24(13-17)22(27)21-7-6-18(28-21)14-23-8-3-4-9-23;2*2-1-3/h6-7,16-17,19-20,26H,1-5,8-15H2;2*1H,(H,2,3)/t16-,17+,19+,20+;;/m1../s1. The van der Waals surface area contributed by atoms with E-state index >= 15 is 0 Å². The summed E-state index contributed by atoms with van der Waals surface area (Å²) in [6.45, 7) is 5.44. The topological polar surface area (TPSA) is 135 Å². The minimum Gasteiger partial charge on any atom is -0.483 e. The van der Waals surface area contributed by atoms with Crippen LogP contribution in [-0.4, -0.2) is 100 Å². The summed E-state index contributed by atoms with van der Waals surface area (Å²) in [7, 11) is 0. The predicted octanol–water partition coefficient (Wildman–Crippen LogP) is 1.58. The Morgan fingerprint density at radius 3 is 2.32 bits per heavy atom. The van der Waals surface area contributed by atoms with Crippen LogP contribution in [-0.2, 0) is 16.1 Å². The fourth-order valence-corrected chi connectivity index (χ4v) is 6.22. The molecule has 1 aromatic heterocycles. The Bertz CT molecular complexity index is 775. The molecule has 4 fully saturated rings. The number of furan rings is 1. The third kappa shape index (κ3) is 6.17. The molecule has 0 radical (unpaired) electrons. The summed E-state index contributed by atoms with van der Waals surface area (Å²) in [6.07, 6.45) is 7.37. The number of fused-ring (bicyclic) bond motifs is 4. The lowest BCUT2D eigenvalue weighted by Gasteiger charge is -2.56. The molecule has 10 nitrogen and oxygen atoms in total. The Balaban J connectivity index is 0.000000492. The van der Waals surface area contributed by atoms with Gasteiger partial charge in [0.05, 0.1) is 13.2 Å². The number of likely N-dealkylation sites (tertiary alicyclic amines) is 2. The van der Waals surface area contributed by atoms with Crippen LogP contribution in [0.25, 0.3) is 0 Å². The van der Waals surface area contributed by atoms with Gasteiger partial charge in [0.2, 0.25) is 0 Å². The van der Waals surface area contributed by atoms with Crippen LogP contribution in [0.2, 0.25) is 0 Å². The van der Waals surface area contributed by atoms with Gasteiger partial charge in [-0.25, -0.2) is 0 Å². The van der Waals surface area contributed by atoms with Gasteiger partial charge in [0.1, 0.15) is 5.76 Å². The van der Waals surface area contributed by atoms with E-state index in [1.54, 1.807) is 0 Å². The summed E-state index contributed by atoms with van der Waals surface area (Å²) in [6, 6.07) is 4.56. The van der Waals surface area contributed by atoms with E-state index in [4.69, 9.17) is 24.2 Å². The Morgan fingerprint density at radius 1 is 1.00 bits per heavy atom. The van der Waals surface area contributed by atoms with Crippen molar-refractivity contribution in [3.63, 3.8) is 0 Å². The van der Waals surface area contributed by atoms with Crippen molar-refractivity contribution in [3.05, 3.63) is 23.7 Å². The van der Waals surface area contributed by atoms with Crippen molar-refractivity contribution in [2.45, 2.75) is 57.2 Å². The SMILES string of the molecule is O=C(c1ccc(CN2CCCC2)o1)N1C[C@H]2C[C@@H](C1)[C@H](CO)N1CCCC[C@@H]21.O=CO.O=CO. The monoisotopic (exact) mass is 479 g/mol. The number of hydrogen-bond donors (Lipinski definition) is 3. The van der Waals surface area contributed by atoms with Crippen LogP contribution < -0.4 is 0 Å². The number of aliphatic hydroxyl groups excluding tert-OH is 1. The van der Waals surface area contributed by atoms with E-state index in [1.165, 1.54) is 32.1 Å². The molecule has 0 saturated carbocycles. The molecular formula is C24H37N3O7. The molecule has 1 aromatic rings. The van der Waals surface area contributed by atoms with Gasteiger partial charge in [-0.2, -0.15) is 0 Å². The fraction of sp³-hybridized carbons (Fsp3) is 0.708. The van der Waals surface area contributed by atoms with Crippen LogP contribution in [0.5, 0.6) is 0 Å². The summed E-state index contributed by atoms with van der Waals surface area (Å²) in [5, 5.41) is 23.8. The van der Waals surface area contributed by atoms with Crippen molar-refractivity contribution in [1.29, 1.82) is 0 Å². The molecule has 0 aromatic carbocycles. The smallest absolute Gasteiger partial charge is 0.290 e. The second kappa shape index (κ2) is 12.9. The van der Waals surface area contributed by atoms with Gasteiger partial charge in [0, 0.05) is 25.2 Å². The molecule has 10 heteroatoms. The van der Waals surface area contributed by atoms with Gasteiger partial charge >= 0.3 is 0 Å². The quantitative estimate of drug-likeness (QED) is 0.550. The number of rotatable bonds is 4. The molecule has 4 aliphatic heterocycles. The zero-order valence-corrected chi connectivity index (χ0v) is 19.6. The molecule has 4 saturated heterocycles. The molecule has 5 rings (SSSR count). The molecule has 0 aliphatic carbocycles. The van der Waals surface area contributed by atoms with Crippen LogP contribution in [0.1, 0.15) is 54.8 Å². The number of aliphatic hydroxyl groups is 1. The maximum Gasteiger partial charge on any atom is 0.290 e. The number of carbonyl (C=O) groups excluding carboxylic acids is 1. The van der Waals surface area contributed by atoms with Crippen molar-refractivity contribution in [1.82, 2.24) is 14.7 Å². The second-order valence-electron chi connectivity index (χ2n) is 9.48. The predicted molar refractivity (Wildman–Crippen MR) is 123 cm³/mol. The van der Waals surface area contributed by atoms with E-state index in [9.17, 15) is 9.90 Å². The van der Waals surface area contributed by atoms with Crippen molar-refractivity contribution in [2.24, 2.45) is 11.8 Å². The van der Waals surface area contributed by atoms with Crippen LogP contribution >= 0.6 is 0 Å². The lowest BCUT2D eigenvalue weighted by molar-refractivity contribution is -0.123. The zero-order valence-electron chi connectivity index (χ0n) is 19.6. The highest BCUT2D eigenvalue weighted by atomic mass is 16.4. The van der Waals surface area contributed by atoms with E-state index in [0.717, 1.165) is 51.4 Å². The van der Waals surface area contributed by atoms with Gasteiger partial charge in [-0.15, -0.1) is 0 Å². The molecular weight excluding hydrogens is 442 g/mol. The second-order valence-corrected chi connectivity index (χ2v) is 9.48.